The maximum atomic E-state index is 9.36. The van der Waals surface area contributed by atoms with Gasteiger partial charge in [0, 0.05) is 0 Å². The second-order valence-corrected chi connectivity index (χ2v) is 4.87. The molecule has 1 aromatic carbocycles. The van der Waals surface area contributed by atoms with E-state index in [1.165, 1.54) is 5.56 Å². The maximum absolute atomic E-state index is 9.36. The monoisotopic (exact) mass is 248 g/mol. The molecule has 0 aliphatic heterocycles. The van der Waals surface area contributed by atoms with E-state index in [2.05, 4.69) is 18.7 Å². The van der Waals surface area contributed by atoms with Crippen LogP contribution in [0.15, 0.2) is 43.0 Å². The Morgan fingerprint density at radius 2 is 1.94 bits per heavy atom. The van der Waals surface area contributed by atoms with E-state index in [-0.39, 0.29) is 18.3 Å². The van der Waals surface area contributed by atoms with Gasteiger partial charge in [-0.05, 0) is 38.7 Å². The van der Waals surface area contributed by atoms with Crippen molar-refractivity contribution in [1.29, 1.82) is 0 Å². The van der Waals surface area contributed by atoms with Gasteiger partial charge in [-0.1, -0.05) is 36.4 Å². The van der Waals surface area contributed by atoms with E-state index in [0.717, 1.165) is 12.8 Å². The molecule has 0 aliphatic rings. The van der Waals surface area contributed by atoms with Crippen LogP contribution in [0.3, 0.4) is 0 Å². The first-order valence-electron chi connectivity index (χ1n) is 6.60. The van der Waals surface area contributed by atoms with E-state index in [1.54, 1.807) is 6.92 Å². The third-order valence-corrected chi connectivity index (χ3v) is 2.83. The average molecular weight is 248 g/mol. The van der Waals surface area contributed by atoms with Crippen molar-refractivity contribution < 1.29 is 9.84 Å². The van der Waals surface area contributed by atoms with Gasteiger partial charge in [-0.2, -0.15) is 0 Å². The number of hydrogen-bond donors (Lipinski definition) is 1. The summed E-state index contributed by atoms with van der Waals surface area (Å²) in [4.78, 5) is 0. The van der Waals surface area contributed by atoms with Crippen LogP contribution in [0.4, 0.5) is 0 Å². The van der Waals surface area contributed by atoms with Crippen molar-refractivity contribution in [2.24, 2.45) is 0 Å². The topological polar surface area (TPSA) is 29.5 Å². The van der Waals surface area contributed by atoms with Gasteiger partial charge < -0.3 is 9.84 Å². The number of benzene rings is 1. The van der Waals surface area contributed by atoms with E-state index in [9.17, 15) is 5.11 Å². The lowest BCUT2D eigenvalue weighted by molar-refractivity contribution is -0.0219. The van der Waals surface area contributed by atoms with Crippen LogP contribution in [0.2, 0.25) is 0 Å². The summed E-state index contributed by atoms with van der Waals surface area (Å²) in [6, 6.07) is 10.3. The molecule has 0 amide bonds. The highest BCUT2D eigenvalue weighted by molar-refractivity contribution is 5.15. The first-order valence-corrected chi connectivity index (χ1v) is 6.60. The molecule has 1 N–H and O–H groups in total. The predicted octanol–water partition coefficient (Wildman–Crippen LogP) is 3.35. The SMILES string of the molecule is C=CC[C@H](Cc1ccccc1)O[C@@H](C)C[C@@H](C)O. The highest BCUT2D eigenvalue weighted by Crippen LogP contribution is 2.14. The summed E-state index contributed by atoms with van der Waals surface area (Å²) >= 11 is 0. The molecule has 2 heteroatoms. The predicted molar refractivity (Wildman–Crippen MR) is 75.6 cm³/mol. The second kappa shape index (κ2) is 8.06. The van der Waals surface area contributed by atoms with Gasteiger partial charge in [0.05, 0.1) is 18.3 Å². The lowest BCUT2D eigenvalue weighted by atomic mass is 10.1. The van der Waals surface area contributed by atoms with Crippen LogP contribution in [-0.4, -0.2) is 23.4 Å². The van der Waals surface area contributed by atoms with Crippen molar-refractivity contribution in [3.05, 3.63) is 48.6 Å². The van der Waals surface area contributed by atoms with Crippen molar-refractivity contribution in [1.82, 2.24) is 0 Å². The molecule has 0 radical (unpaired) electrons. The summed E-state index contributed by atoms with van der Waals surface area (Å²) in [5.74, 6) is 0. The highest BCUT2D eigenvalue weighted by atomic mass is 16.5. The van der Waals surface area contributed by atoms with Gasteiger partial charge in [0.1, 0.15) is 0 Å². The molecule has 0 bridgehead atoms. The van der Waals surface area contributed by atoms with Crippen LogP contribution in [-0.2, 0) is 11.2 Å². The average Bonchev–Trinajstić information content (AvgIpc) is 2.29. The minimum atomic E-state index is -0.318. The summed E-state index contributed by atoms with van der Waals surface area (Å²) in [5, 5.41) is 9.36. The number of aliphatic hydroxyl groups excluding tert-OH is 1. The van der Waals surface area contributed by atoms with E-state index >= 15 is 0 Å². The molecular formula is C16H24O2. The fourth-order valence-corrected chi connectivity index (χ4v) is 2.11. The third-order valence-electron chi connectivity index (χ3n) is 2.83. The fraction of sp³-hybridized carbons (Fsp3) is 0.500. The standard InChI is InChI=1S/C16H24O2/c1-4-8-16(18-14(3)11-13(2)17)12-15-9-6-5-7-10-15/h4-7,9-10,13-14,16-17H,1,8,11-12H2,2-3H3/t13-,14+,16-/m1/s1. The Balaban J connectivity index is 2.51. The molecule has 3 atom stereocenters. The Bertz CT molecular complexity index is 332. The summed E-state index contributed by atoms with van der Waals surface area (Å²) in [6.07, 6.45) is 4.17. The normalized spacial score (nSPS) is 15.9. The van der Waals surface area contributed by atoms with Crippen LogP contribution in [0.25, 0.3) is 0 Å². The van der Waals surface area contributed by atoms with E-state index < -0.39 is 0 Å². The molecular weight excluding hydrogens is 224 g/mol. The third kappa shape index (κ3) is 5.99. The molecule has 0 aliphatic carbocycles. The Morgan fingerprint density at radius 3 is 2.50 bits per heavy atom. The molecule has 2 nitrogen and oxygen atoms in total. The first-order chi connectivity index (χ1) is 8.61. The molecule has 0 saturated carbocycles. The smallest absolute Gasteiger partial charge is 0.0653 e. The van der Waals surface area contributed by atoms with E-state index in [0.29, 0.717) is 6.42 Å². The lowest BCUT2D eigenvalue weighted by Crippen LogP contribution is -2.24. The molecule has 0 saturated heterocycles. The molecule has 1 aromatic rings. The van der Waals surface area contributed by atoms with Crippen molar-refractivity contribution in [2.45, 2.75) is 51.4 Å². The Hall–Kier alpha value is -1.12. The zero-order chi connectivity index (χ0) is 13.4. The Kier molecular flexibility index (Phi) is 6.69. The Morgan fingerprint density at radius 1 is 1.28 bits per heavy atom. The minimum absolute atomic E-state index is 0.0682. The number of aliphatic hydroxyl groups is 1. The van der Waals surface area contributed by atoms with Gasteiger partial charge in [-0.25, -0.2) is 0 Å². The lowest BCUT2D eigenvalue weighted by Gasteiger charge is -2.22. The molecule has 0 spiro atoms. The molecule has 0 unspecified atom stereocenters. The van der Waals surface area contributed by atoms with E-state index in [1.807, 2.05) is 31.2 Å². The van der Waals surface area contributed by atoms with Crippen molar-refractivity contribution >= 4 is 0 Å². The minimum Gasteiger partial charge on any atom is -0.393 e. The van der Waals surface area contributed by atoms with Crippen LogP contribution in [0.5, 0.6) is 0 Å². The van der Waals surface area contributed by atoms with Gasteiger partial charge in [0.25, 0.3) is 0 Å². The highest BCUT2D eigenvalue weighted by Gasteiger charge is 2.14. The van der Waals surface area contributed by atoms with Gasteiger partial charge in [0.2, 0.25) is 0 Å². The molecule has 0 heterocycles. The maximum Gasteiger partial charge on any atom is 0.0653 e. The Labute approximate surface area is 110 Å². The fourth-order valence-electron chi connectivity index (χ4n) is 2.11. The largest absolute Gasteiger partial charge is 0.393 e. The zero-order valence-electron chi connectivity index (χ0n) is 11.4. The second-order valence-electron chi connectivity index (χ2n) is 4.87. The van der Waals surface area contributed by atoms with Gasteiger partial charge in [-0.3, -0.25) is 0 Å². The number of rotatable bonds is 8. The molecule has 0 fully saturated rings. The van der Waals surface area contributed by atoms with Crippen LogP contribution in [0.1, 0.15) is 32.3 Å². The zero-order valence-corrected chi connectivity index (χ0v) is 11.4. The molecule has 0 aromatic heterocycles. The summed E-state index contributed by atoms with van der Waals surface area (Å²) in [5.41, 5.74) is 1.27. The quantitative estimate of drug-likeness (QED) is 0.715. The van der Waals surface area contributed by atoms with Crippen molar-refractivity contribution in [3.63, 3.8) is 0 Å². The van der Waals surface area contributed by atoms with Crippen LogP contribution >= 0.6 is 0 Å². The van der Waals surface area contributed by atoms with Crippen LogP contribution in [0, 0.1) is 0 Å². The summed E-state index contributed by atoms with van der Waals surface area (Å²) < 4.78 is 5.97. The van der Waals surface area contributed by atoms with Crippen molar-refractivity contribution in [3.8, 4) is 0 Å². The van der Waals surface area contributed by atoms with Crippen molar-refractivity contribution in [2.75, 3.05) is 0 Å². The number of hydrogen-bond acceptors (Lipinski definition) is 2. The molecule has 100 valence electrons. The van der Waals surface area contributed by atoms with Gasteiger partial charge >= 0.3 is 0 Å². The van der Waals surface area contributed by atoms with Crippen LogP contribution < -0.4 is 0 Å². The molecule has 18 heavy (non-hydrogen) atoms. The summed E-state index contributed by atoms with van der Waals surface area (Å²) in [7, 11) is 0. The number of ether oxygens (including phenoxy) is 1. The molecule has 1 rings (SSSR count). The van der Waals surface area contributed by atoms with E-state index in [4.69, 9.17) is 4.74 Å². The van der Waals surface area contributed by atoms with Gasteiger partial charge in [-0.15, -0.1) is 6.58 Å². The first kappa shape index (κ1) is 14.9. The van der Waals surface area contributed by atoms with Gasteiger partial charge in [0.15, 0.2) is 0 Å². The summed E-state index contributed by atoms with van der Waals surface area (Å²) in [6.45, 7) is 7.58.